The minimum absolute atomic E-state index is 0.0295. The summed E-state index contributed by atoms with van der Waals surface area (Å²) in [6, 6.07) is 3.72. The fraction of sp³-hybridized carbons (Fsp3) is 0.556. The van der Waals surface area contributed by atoms with E-state index in [0.29, 0.717) is 13.0 Å². The molecule has 1 aromatic carbocycles. The maximum Gasteiger partial charge on any atom is 0.261 e. The lowest BCUT2D eigenvalue weighted by Crippen LogP contribution is -2.52. The molecule has 1 aliphatic rings. The number of rotatable bonds is 4. The third kappa shape index (κ3) is 4.03. The van der Waals surface area contributed by atoms with Crippen molar-refractivity contribution in [2.45, 2.75) is 46.1 Å². The van der Waals surface area contributed by atoms with Crippen LogP contribution in [-0.4, -0.2) is 43.0 Å². The Labute approximate surface area is 138 Å². The Morgan fingerprint density at radius 3 is 2.48 bits per heavy atom. The first kappa shape index (κ1) is 17.3. The highest BCUT2D eigenvalue weighted by atomic mass is 16.5. The molecule has 1 aliphatic heterocycles. The summed E-state index contributed by atoms with van der Waals surface area (Å²) in [6.07, 6.45) is 2.62. The van der Waals surface area contributed by atoms with Gasteiger partial charge in [-0.2, -0.15) is 0 Å². The van der Waals surface area contributed by atoms with Crippen LogP contribution in [-0.2, 0) is 9.59 Å². The monoisotopic (exact) mass is 318 g/mol. The summed E-state index contributed by atoms with van der Waals surface area (Å²) in [4.78, 5) is 26.1. The molecule has 126 valence electrons. The summed E-state index contributed by atoms with van der Waals surface area (Å²) in [5.74, 6) is 0.538. The highest BCUT2D eigenvalue weighted by molar-refractivity contribution is 5.88. The minimum Gasteiger partial charge on any atom is -0.483 e. The van der Waals surface area contributed by atoms with Gasteiger partial charge in [-0.3, -0.25) is 9.59 Å². The number of aryl methyl sites for hydroxylation is 3. The predicted molar refractivity (Wildman–Crippen MR) is 89.6 cm³/mol. The highest BCUT2D eigenvalue weighted by Crippen LogP contribution is 2.25. The Morgan fingerprint density at radius 2 is 1.87 bits per heavy atom. The van der Waals surface area contributed by atoms with Crippen LogP contribution in [0.1, 0.15) is 36.0 Å². The van der Waals surface area contributed by atoms with E-state index in [1.165, 1.54) is 5.56 Å². The normalized spacial score (nSPS) is 17.7. The van der Waals surface area contributed by atoms with E-state index in [-0.39, 0.29) is 24.5 Å². The first-order valence-electron chi connectivity index (χ1n) is 8.15. The van der Waals surface area contributed by atoms with Crippen molar-refractivity contribution in [1.29, 1.82) is 0 Å². The van der Waals surface area contributed by atoms with Gasteiger partial charge in [0.1, 0.15) is 11.8 Å². The molecule has 1 heterocycles. The quantitative estimate of drug-likeness (QED) is 0.925. The molecule has 0 spiro atoms. The first-order valence-corrected chi connectivity index (χ1v) is 8.15. The second kappa shape index (κ2) is 7.49. The molecule has 0 unspecified atom stereocenters. The molecule has 1 fully saturated rings. The SMILES string of the molecule is CNC(=O)[C@H]1CCCCN1C(=O)COc1c(C)cc(C)cc1C. The number of likely N-dealkylation sites (tertiary alicyclic amines) is 1. The van der Waals surface area contributed by atoms with Crippen LogP contribution in [0, 0.1) is 20.8 Å². The van der Waals surface area contributed by atoms with E-state index in [0.717, 1.165) is 29.7 Å². The zero-order chi connectivity index (χ0) is 17.0. The van der Waals surface area contributed by atoms with Crippen LogP contribution in [0.15, 0.2) is 12.1 Å². The molecule has 0 aliphatic carbocycles. The molecular formula is C18H26N2O3. The molecule has 1 N–H and O–H groups in total. The van der Waals surface area contributed by atoms with Crippen LogP contribution in [0.5, 0.6) is 5.75 Å². The average Bonchev–Trinajstić information content (AvgIpc) is 2.52. The van der Waals surface area contributed by atoms with Crippen molar-refractivity contribution in [1.82, 2.24) is 10.2 Å². The minimum atomic E-state index is -0.370. The Balaban J connectivity index is 2.05. The van der Waals surface area contributed by atoms with Gasteiger partial charge >= 0.3 is 0 Å². The Bertz CT molecular complexity index is 575. The lowest BCUT2D eigenvalue weighted by atomic mass is 10.0. The lowest BCUT2D eigenvalue weighted by Gasteiger charge is -2.34. The second-order valence-corrected chi connectivity index (χ2v) is 6.23. The fourth-order valence-electron chi connectivity index (χ4n) is 3.28. The first-order chi connectivity index (χ1) is 10.9. The van der Waals surface area contributed by atoms with Crippen molar-refractivity contribution in [3.05, 3.63) is 28.8 Å². The highest BCUT2D eigenvalue weighted by Gasteiger charge is 2.31. The van der Waals surface area contributed by atoms with E-state index in [9.17, 15) is 9.59 Å². The molecule has 1 atom stereocenters. The standard InChI is InChI=1S/C18H26N2O3/c1-12-9-13(2)17(14(3)10-12)23-11-16(21)20-8-6-5-7-15(20)18(22)19-4/h9-10,15H,5-8,11H2,1-4H3,(H,19,22)/t15-/m1/s1. The Kier molecular flexibility index (Phi) is 5.64. The van der Waals surface area contributed by atoms with E-state index >= 15 is 0 Å². The van der Waals surface area contributed by atoms with Gasteiger partial charge in [-0.25, -0.2) is 0 Å². The number of hydrogen-bond acceptors (Lipinski definition) is 3. The van der Waals surface area contributed by atoms with Crippen molar-refractivity contribution >= 4 is 11.8 Å². The van der Waals surface area contributed by atoms with Gasteiger partial charge < -0.3 is 15.0 Å². The average molecular weight is 318 g/mol. The number of carbonyl (C=O) groups is 2. The number of nitrogens with zero attached hydrogens (tertiary/aromatic N) is 1. The van der Waals surface area contributed by atoms with Crippen LogP contribution < -0.4 is 10.1 Å². The molecule has 1 aromatic rings. The van der Waals surface area contributed by atoms with Crippen LogP contribution >= 0.6 is 0 Å². The molecule has 1 saturated heterocycles. The molecule has 0 bridgehead atoms. The third-order valence-electron chi connectivity index (χ3n) is 4.32. The number of piperidine rings is 1. The number of likely N-dealkylation sites (N-methyl/N-ethyl adjacent to an activating group) is 1. The zero-order valence-corrected chi connectivity index (χ0v) is 14.4. The molecule has 5 nitrogen and oxygen atoms in total. The number of hydrogen-bond donors (Lipinski definition) is 1. The number of benzene rings is 1. The fourth-order valence-corrected chi connectivity index (χ4v) is 3.28. The number of amides is 2. The zero-order valence-electron chi connectivity index (χ0n) is 14.4. The van der Waals surface area contributed by atoms with E-state index in [2.05, 4.69) is 5.32 Å². The van der Waals surface area contributed by atoms with Gasteiger partial charge in [0.05, 0.1) is 0 Å². The lowest BCUT2D eigenvalue weighted by molar-refractivity contribution is -0.143. The van der Waals surface area contributed by atoms with Gasteiger partial charge in [-0.05, 0) is 51.2 Å². The summed E-state index contributed by atoms with van der Waals surface area (Å²) < 4.78 is 5.78. The summed E-state index contributed by atoms with van der Waals surface area (Å²) in [5.41, 5.74) is 3.22. The maximum absolute atomic E-state index is 12.5. The second-order valence-electron chi connectivity index (χ2n) is 6.23. The predicted octanol–water partition coefficient (Wildman–Crippen LogP) is 2.12. The van der Waals surface area contributed by atoms with Gasteiger partial charge in [0.15, 0.2) is 6.61 Å². The Hall–Kier alpha value is -2.04. The van der Waals surface area contributed by atoms with Crippen molar-refractivity contribution < 1.29 is 14.3 Å². The van der Waals surface area contributed by atoms with Crippen molar-refractivity contribution in [2.24, 2.45) is 0 Å². The van der Waals surface area contributed by atoms with Crippen LogP contribution in [0.25, 0.3) is 0 Å². The van der Waals surface area contributed by atoms with Crippen molar-refractivity contribution in [3.63, 3.8) is 0 Å². The van der Waals surface area contributed by atoms with E-state index in [1.807, 2.05) is 32.9 Å². The molecule has 5 heteroatoms. The molecule has 2 amide bonds. The molecule has 0 aromatic heterocycles. The van der Waals surface area contributed by atoms with Crippen molar-refractivity contribution in [3.8, 4) is 5.75 Å². The Morgan fingerprint density at radius 1 is 1.22 bits per heavy atom. The van der Waals surface area contributed by atoms with Gasteiger partial charge in [-0.15, -0.1) is 0 Å². The summed E-state index contributed by atoms with van der Waals surface area (Å²) >= 11 is 0. The smallest absolute Gasteiger partial charge is 0.261 e. The number of ether oxygens (including phenoxy) is 1. The molecule has 2 rings (SSSR count). The summed E-state index contributed by atoms with van der Waals surface area (Å²) in [7, 11) is 1.61. The van der Waals surface area contributed by atoms with Crippen molar-refractivity contribution in [2.75, 3.05) is 20.2 Å². The summed E-state index contributed by atoms with van der Waals surface area (Å²) in [5, 5.41) is 2.64. The molecule has 23 heavy (non-hydrogen) atoms. The van der Waals surface area contributed by atoms with Gasteiger partial charge in [0, 0.05) is 13.6 Å². The van der Waals surface area contributed by atoms with E-state index < -0.39 is 0 Å². The van der Waals surface area contributed by atoms with Crippen LogP contribution in [0.4, 0.5) is 0 Å². The molecule has 0 radical (unpaired) electrons. The van der Waals surface area contributed by atoms with Crippen LogP contribution in [0.2, 0.25) is 0 Å². The summed E-state index contributed by atoms with van der Waals surface area (Å²) in [6.45, 7) is 6.59. The van der Waals surface area contributed by atoms with Gasteiger partial charge in [0.2, 0.25) is 5.91 Å². The molecule has 0 saturated carbocycles. The third-order valence-corrected chi connectivity index (χ3v) is 4.32. The number of carbonyl (C=O) groups excluding carboxylic acids is 2. The topological polar surface area (TPSA) is 58.6 Å². The number of nitrogens with one attached hydrogen (secondary N) is 1. The maximum atomic E-state index is 12.5. The van der Waals surface area contributed by atoms with Crippen LogP contribution in [0.3, 0.4) is 0 Å². The van der Waals surface area contributed by atoms with Gasteiger partial charge in [0.25, 0.3) is 5.91 Å². The largest absolute Gasteiger partial charge is 0.483 e. The van der Waals surface area contributed by atoms with Gasteiger partial charge in [-0.1, -0.05) is 17.7 Å². The van der Waals surface area contributed by atoms with E-state index in [1.54, 1.807) is 11.9 Å². The van der Waals surface area contributed by atoms with E-state index in [4.69, 9.17) is 4.74 Å². The molecular weight excluding hydrogens is 292 g/mol.